The van der Waals surface area contributed by atoms with E-state index < -0.39 is 5.41 Å². The van der Waals surface area contributed by atoms with Crippen LogP contribution in [-0.2, 0) is 0 Å². The highest BCUT2D eigenvalue weighted by molar-refractivity contribution is 6.00. The van der Waals surface area contributed by atoms with Gasteiger partial charge in [0.1, 0.15) is 5.75 Å². The fraction of sp³-hybridized carbons (Fsp3) is 0.500. The zero-order chi connectivity index (χ0) is 13.1. The summed E-state index contributed by atoms with van der Waals surface area (Å²) < 4.78 is 5.18. The smallest absolute Gasteiger partial charge is 0.168 e. The number of ketones is 1. The largest absolute Gasteiger partial charge is 0.496 e. The number of rotatable bonds is 5. The third kappa shape index (κ3) is 3.07. The van der Waals surface area contributed by atoms with E-state index in [-0.39, 0.29) is 5.78 Å². The van der Waals surface area contributed by atoms with Crippen molar-refractivity contribution in [2.24, 2.45) is 11.1 Å². The normalized spacial score (nSPS) is 11.4. The van der Waals surface area contributed by atoms with E-state index in [0.717, 1.165) is 16.9 Å². The summed E-state index contributed by atoms with van der Waals surface area (Å²) in [4.78, 5) is 12.3. The van der Waals surface area contributed by atoms with Gasteiger partial charge in [-0.3, -0.25) is 4.79 Å². The molecule has 0 atom stereocenters. The lowest BCUT2D eigenvalue weighted by molar-refractivity contribution is 0.0829. The van der Waals surface area contributed by atoms with Gasteiger partial charge in [-0.2, -0.15) is 0 Å². The molecular weight excluding hydrogens is 214 g/mol. The molecular formula is C14H21NO2. The van der Waals surface area contributed by atoms with Gasteiger partial charge in [-0.15, -0.1) is 0 Å². The lowest BCUT2D eigenvalue weighted by Crippen LogP contribution is -2.27. The van der Waals surface area contributed by atoms with E-state index in [1.807, 2.05) is 39.0 Å². The fourth-order valence-electron chi connectivity index (χ4n) is 1.88. The number of ether oxygens (including phenoxy) is 1. The number of nitrogens with two attached hydrogens (primary N) is 1. The minimum Gasteiger partial charge on any atom is -0.496 e. The monoisotopic (exact) mass is 235 g/mol. The lowest BCUT2D eigenvalue weighted by atomic mass is 9.81. The van der Waals surface area contributed by atoms with E-state index in [2.05, 4.69) is 0 Å². The number of hydrogen-bond acceptors (Lipinski definition) is 3. The molecule has 0 aliphatic heterocycles. The summed E-state index contributed by atoms with van der Waals surface area (Å²) in [5.74, 6) is 0.937. The zero-order valence-electron chi connectivity index (χ0n) is 11.0. The highest BCUT2D eigenvalue weighted by Gasteiger charge is 2.27. The number of aryl methyl sites for hydroxylation is 1. The summed E-state index contributed by atoms with van der Waals surface area (Å²) >= 11 is 0. The second-order valence-corrected chi connectivity index (χ2v) is 4.94. The molecule has 0 aliphatic carbocycles. The van der Waals surface area contributed by atoms with E-state index in [0.29, 0.717) is 13.0 Å². The molecule has 0 radical (unpaired) electrons. The molecule has 0 unspecified atom stereocenters. The van der Waals surface area contributed by atoms with Crippen molar-refractivity contribution >= 4 is 5.78 Å². The Kier molecular flexibility index (Phi) is 4.29. The second-order valence-electron chi connectivity index (χ2n) is 4.94. The topological polar surface area (TPSA) is 52.3 Å². The third-order valence-electron chi connectivity index (χ3n) is 3.04. The van der Waals surface area contributed by atoms with Gasteiger partial charge in [-0.25, -0.2) is 0 Å². The maximum atomic E-state index is 12.3. The van der Waals surface area contributed by atoms with Crippen molar-refractivity contribution < 1.29 is 9.53 Å². The Morgan fingerprint density at radius 3 is 2.53 bits per heavy atom. The zero-order valence-corrected chi connectivity index (χ0v) is 11.0. The number of methoxy groups -OCH3 is 1. The van der Waals surface area contributed by atoms with E-state index in [4.69, 9.17) is 10.5 Å². The average Bonchev–Trinajstić information content (AvgIpc) is 2.27. The number of carbonyl (C=O) groups is 1. The van der Waals surface area contributed by atoms with Crippen LogP contribution in [0.25, 0.3) is 0 Å². The molecule has 0 fully saturated rings. The summed E-state index contributed by atoms with van der Waals surface area (Å²) in [6.45, 7) is 6.32. The van der Waals surface area contributed by atoms with Crippen molar-refractivity contribution in [3.63, 3.8) is 0 Å². The van der Waals surface area contributed by atoms with Crippen LogP contribution in [0.15, 0.2) is 18.2 Å². The predicted octanol–water partition coefficient (Wildman–Crippen LogP) is 2.56. The van der Waals surface area contributed by atoms with Crippen molar-refractivity contribution in [2.75, 3.05) is 13.7 Å². The molecule has 0 spiro atoms. The molecule has 1 aromatic rings. The summed E-state index contributed by atoms with van der Waals surface area (Å²) in [7, 11) is 1.63. The Labute approximate surface area is 103 Å². The van der Waals surface area contributed by atoms with E-state index >= 15 is 0 Å². The summed E-state index contributed by atoms with van der Waals surface area (Å²) in [5, 5.41) is 0. The van der Waals surface area contributed by atoms with Crippen LogP contribution in [0.2, 0.25) is 0 Å². The van der Waals surface area contributed by atoms with Gasteiger partial charge in [-0.05, 0) is 43.7 Å². The van der Waals surface area contributed by atoms with Gasteiger partial charge in [0, 0.05) is 11.0 Å². The Bertz CT molecular complexity index is 411. The van der Waals surface area contributed by atoms with Crippen molar-refractivity contribution in [2.45, 2.75) is 27.2 Å². The van der Waals surface area contributed by atoms with Crippen LogP contribution in [-0.4, -0.2) is 19.4 Å². The molecule has 0 bridgehead atoms. The molecule has 0 saturated carbocycles. The van der Waals surface area contributed by atoms with Crippen molar-refractivity contribution in [1.82, 2.24) is 0 Å². The van der Waals surface area contributed by atoms with E-state index in [9.17, 15) is 4.79 Å². The Balaban J connectivity index is 3.01. The van der Waals surface area contributed by atoms with Gasteiger partial charge in [0.05, 0.1) is 7.11 Å². The number of Topliss-reactive ketones (excluding diaryl/α,β-unsaturated/α-hetero) is 1. The Hall–Kier alpha value is -1.35. The van der Waals surface area contributed by atoms with E-state index in [1.54, 1.807) is 7.11 Å². The third-order valence-corrected chi connectivity index (χ3v) is 3.04. The first-order valence-electron chi connectivity index (χ1n) is 5.82. The van der Waals surface area contributed by atoms with Crippen LogP contribution in [0, 0.1) is 12.3 Å². The van der Waals surface area contributed by atoms with Crippen LogP contribution >= 0.6 is 0 Å². The maximum absolute atomic E-state index is 12.3. The molecule has 0 saturated heterocycles. The number of carbonyl (C=O) groups excluding carboxylic acids is 1. The summed E-state index contributed by atoms with van der Waals surface area (Å²) in [6, 6.07) is 5.52. The summed E-state index contributed by atoms with van der Waals surface area (Å²) in [5.41, 5.74) is 6.82. The SMILES string of the molecule is COc1ccc(C(=O)C(C)(C)CCN)cc1C. The average molecular weight is 235 g/mol. The van der Waals surface area contributed by atoms with Crippen LogP contribution < -0.4 is 10.5 Å². The van der Waals surface area contributed by atoms with Crippen LogP contribution in [0.5, 0.6) is 5.75 Å². The molecule has 17 heavy (non-hydrogen) atoms. The van der Waals surface area contributed by atoms with Crippen molar-refractivity contribution in [3.05, 3.63) is 29.3 Å². The molecule has 0 aromatic heterocycles. The van der Waals surface area contributed by atoms with Gasteiger partial charge in [0.25, 0.3) is 0 Å². The summed E-state index contributed by atoms with van der Waals surface area (Å²) in [6.07, 6.45) is 0.691. The minimum absolute atomic E-state index is 0.133. The van der Waals surface area contributed by atoms with Crippen molar-refractivity contribution in [1.29, 1.82) is 0 Å². The first-order chi connectivity index (χ1) is 7.92. The van der Waals surface area contributed by atoms with Gasteiger partial charge >= 0.3 is 0 Å². The highest BCUT2D eigenvalue weighted by Crippen LogP contribution is 2.27. The standard InChI is InChI=1S/C14H21NO2/c1-10-9-11(5-6-12(10)17-4)13(16)14(2,3)7-8-15/h5-6,9H,7-8,15H2,1-4H3. The second kappa shape index (κ2) is 5.32. The molecule has 1 aromatic carbocycles. The van der Waals surface area contributed by atoms with E-state index in [1.165, 1.54) is 0 Å². The molecule has 94 valence electrons. The fourth-order valence-corrected chi connectivity index (χ4v) is 1.88. The highest BCUT2D eigenvalue weighted by atomic mass is 16.5. The van der Waals surface area contributed by atoms with Gasteiger partial charge < -0.3 is 10.5 Å². The molecule has 1 rings (SSSR count). The van der Waals surface area contributed by atoms with Gasteiger partial charge in [0.2, 0.25) is 0 Å². The van der Waals surface area contributed by atoms with Gasteiger partial charge in [-0.1, -0.05) is 13.8 Å². The minimum atomic E-state index is -0.407. The molecule has 0 aliphatic rings. The predicted molar refractivity (Wildman–Crippen MR) is 69.5 cm³/mol. The maximum Gasteiger partial charge on any atom is 0.168 e. The first kappa shape index (κ1) is 13.7. The number of benzene rings is 1. The Morgan fingerprint density at radius 2 is 2.06 bits per heavy atom. The van der Waals surface area contributed by atoms with Crippen molar-refractivity contribution in [3.8, 4) is 5.75 Å². The molecule has 0 amide bonds. The Morgan fingerprint density at radius 1 is 1.41 bits per heavy atom. The van der Waals surface area contributed by atoms with Crippen LogP contribution in [0.3, 0.4) is 0 Å². The lowest BCUT2D eigenvalue weighted by Gasteiger charge is -2.22. The quantitative estimate of drug-likeness (QED) is 0.798. The first-order valence-corrected chi connectivity index (χ1v) is 5.82. The van der Waals surface area contributed by atoms with Gasteiger partial charge in [0.15, 0.2) is 5.78 Å². The molecule has 3 heteroatoms. The van der Waals surface area contributed by atoms with Crippen LogP contribution in [0.1, 0.15) is 36.2 Å². The molecule has 3 nitrogen and oxygen atoms in total. The van der Waals surface area contributed by atoms with Crippen LogP contribution in [0.4, 0.5) is 0 Å². The molecule has 0 heterocycles. The number of hydrogen-bond donors (Lipinski definition) is 1. The molecule has 2 N–H and O–H groups in total.